The van der Waals surface area contributed by atoms with E-state index >= 15 is 0 Å². The molecule has 7 heteroatoms. The molecule has 2 unspecified atom stereocenters. The molecule has 0 aromatic heterocycles. The number of nitrogens with one attached hydrogen (secondary N) is 1. The minimum Gasteiger partial charge on any atom is -0.493 e. The van der Waals surface area contributed by atoms with E-state index < -0.39 is 0 Å². The van der Waals surface area contributed by atoms with Crippen LogP contribution in [0.5, 0.6) is 5.75 Å². The number of para-hydroxylation sites is 1. The van der Waals surface area contributed by atoms with E-state index in [1.807, 2.05) is 18.2 Å². The van der Waals surface area contributed by atoms with Crippen molar-refractivity contribution in [2.75, 3.05) is 33.4 Å². The molecule has 1 saturated carbocycles. The zero-order chi connectivity index (χ0) is 19.2. The number of likely N-dealkylation sites (tertiary alicyclic amines) is 1. The summed E-state index contributed by atoms with van der Waals surface area (Å²) in [5.41, 5.74) is 1.09. The van der Waals surface area contributed by atoms with Crippen molar-refractivity contribution in [2.45, 2.75) is 33.2 Å². The van der Waals surface area contributed by atoms with Crippen LogP contribution in [-0.2, 0) is 16.1 Å². The van der Waals surface area contributed by atoms with Crippen molar-refractivity contribution in [3.8, 4) is 5.75 Å². The fourth-order valence-electron chi connectivity index (χ4n) is 3.45. The van der Waals surface area contributed by atoms with Gasteiger partial charge in [-0.15, -0.1) is 24.0 Å². The van der Waals surface area contributed by atoms with E-state index in [-0.39, 0.29) is 41.8 Å². The van der Waals surface area contributed by atoms with Gasteiger partial charge in [0.05, 0.1) is 26.2 Å². The summed E-state index contributed by atoms with van der Waals surface area (Å²) in [7, 11) is 1.45. The Morgan fingerprint density at radius 1 is 1.29 bits per heavy atom. The third-order valence-corrected chi connectivity index (χ3v) is 5.29. The van der Waals surface area contributed by atoms with Crippen LogP contribution < -0.4 is 10.1 Å². The summed E-state index contributed by atoms with van der Waals surface area (Å²) in [5, 5.41) is 3.36. The standard InChI is InChI=1S/C21H31N3O3.HI/c1-4-22-21(24-12-15(2)18(13-24)20(25)26-3)23-11-17-7-5-6-8-19(17)27-14-16-9-10-16;/h5-8,15-16,18H,4,9-14H2,1-3H3,(H,22,23);1H. The minimum absolute atomic E-state index is 0. The average Bonchev–Trinajstić information content (AvgIpc) is 3.43. The van der Waals surface area contributed by atoms with E-state index in [0.717, 1.165) is 42.9 Å². The van der Waals surface area contributed by atoms with Crippen LogP contribution in [-0.4, -0.2) is 50.2 Å². The lowest BCUT2D eigenvalue weighted by molar-refractivity contribution is -0.145. The molecule has 156 valence electrons. The first-order chi connectivity index (χ1) is 13.1. The Morgan fingerprint density at radius 3 is 2.71 bits per heavy atom. The molecule has 1 aliphatic carbocycles. The van der Waals surface area contributed by atoms with Crippen molar-refractivity contribution in [2.24, 2.45) is 22.7 Å². The Morgan fingerprint density at radius 2 is 2.04 bits per heavy atom. The topological polar surface area (TPSA) is 63.2 Å². The molecule has 6 nitrogen and oxygen atoms in total. The smallest absolute Gasteiger partial charge is 0.310 e. The predicted octanol–water partition coefficient (Wildman–Crippen LogP) is 3.30. The number of rotatable bonds is 7. The molecule has 1 aromatic carbocycles. The van der Waals surface area contributed by atoms with Gasteiger partial charge in [-0.3, -0.25) is 4.79 Å². The molecule has 1 aromatic rings. The van der Waals surface area contributed by atoms with Crippen molar-refractivity contribution in [1.82, 2.24) is 10.2 Å². The summed E-state index contributed by atoms with van der Waals surface area (Å²) in [4.78, 5) is 19.0. The van der Waals surface area contributed by atoms with Crippen molar-refractivity contribution in [3.05, 3.63) is 29.8 Å². The Hall–Kier alpha value is -1.51. The molecule has 1 saturated heterocycles. The van der Waals surface area contributed by atoms with E-state index in [9.17, 15) is 4.79 Å². The van der Waals surface area contributed by atoms with Crippen molar-refractivity contribution in [1.29, 1.82) is 0 Å². The summed E-state index contributed by atoms with van der Waals surface area (Å²) in [6, 6.07) is 8.11. The number of hydrogen-bond acceptors (Lipinski definition) is 4. The SMILES string of the molecule is CCNC(=NCc1ccccc1OCC1CC1)N1CC(C)C(C(=O)OC)C1.I. The normalized spacial score (nSPS) is 21.8. The van der Waals surface area contributed by atoms with Gasteiger partial charge in [-0.2, -0.15) is 0 Å². The van der Waals surface area contributed by atoms with Crippen molar-refractivity contribution in [3.63, 3.8) is 0 Å². The molecule has 0 amide bonds. The van der Waals surface area contributed by atoms with Crippen LogP contribution in [0, 0.1) is 17.8 Å². The van der Waals surface area contributed by atoms with Crippen LogP contribution in [0.1, 0.15) is 32.3 Å². The van der Waals surface area contributed by atoms with E-state index in [4.69, 9.17) is 14.5 Å². The number of esters is 1. The number of nitrogens with zero attached hydrogens (tertiary/aromatic N) is 2. The zero-order valence-corrected chi connectivity index (χ0v) is 19.3. The second kappa shape index (κ2) is 10.9. The molecule has 1 aliphatic heterocycles. The first kappa shape index (κ1) is 22.8. The van der Waals surface area contributed by atoms with Gasteiger partial charge in [-0.1, -0.05) is 25.1 Å². The highest BCUT2D eigenvalue weighted by Crippen LogP contribution is 2.30. The largest absolute Gasteiger partial charge is 0.493 e. The Balaban J connectivity index is 0.00000280. The monoisotopic (exact) mass is 501 g/mol. The molecule has 28 heavy (non-hydrogen) atoms. The number of methoxy groups -OCH3 is 1. The van der Waals surface area contributed by atoms with Crippen LogP contribution in [0.25, 0.3) is 0 Å². The van der Waals surface area contributed by atoms with Gasteiger partial charge in [0.1, 0.15) is 5.75 Å². The summed E-state index contributed by atoms with van der Waals surface area (Å²) in [5.74, 6) is 2.49. The number of halogens is 1. The maximum atomic E-state index is 12.0. The van der Waals surface area contributed by atoms with Crippen molar-refractivity contribution < 1.29 is 14.3 Å². The highest BCUT2D eigenvalue weighted by molar-refractivity contribution is 14.0. The maximum absolute atomic E-state index is 12.0. The first-order valence-corrected chi connectivity index (χ1v) is 9.94. The van der Waals surface area contributed by atoms with E-state index in [2.05, 4.69) is 30.1 Å². The number of guanidine groups is 1. The molecule has 0 bridgehead atoms. The van der Waals surface area contributed by atoms with Crippen LogP contribution in [0.4, 0.5) is 0 Å². The number of aliphatic imine (C=N–C) groups is 1. The van der Waals surface area contributed by atoms with Crippen LogP contribution >= 0.6 is 24.0 Å². The van der Waals surface area contributed by atoms with Gasteiger partial charge in [-0.25, -0.2) is 4.99 Å². The number of hydrogen-bond donors (Lipinski definition) is 1. The summed E-state index contributed by atoms with van der Waals surface area (Å²) in [6.07, 6.45) is 2.55. The molecule has 2 atom stereocenters. The van der Waals surface area contributed by atoms with Gasteiger partial charge < -0.3 is 19.7 Å². The number of carbonyl (C=O) groups is 1. The van der Waals surface area contributed by atoms with E-state index in [1.165, 1.54) is 20.0 Å². The van der Waals surface area contributed by atoms with Gasteiger partial charge in [0, 0.05) is 25.2 Å². The van der Waals surface area contributed by atoms with Crippen molar-refractivity contribution >= 4 is 35.9 Å². The molecule has 1 heterocycles. The summed E-state index contributed by atoms with van der Waals surface area (Å²) >= 11 is 0. The maximum Gasteiger partial charge on any atom is 0.310 e. The third kappa shape index (κ3) is 5.99. The molecule has 2 aliphatic rings. The minimum atomic E-state index is -0.139. The fourth-order valence-corrected chi connectivity index (χ4v) is 3.45. The predicted molar refractivity (Wildman–Crippen MR) is 121 cm³/mol. The number of carbonyl (C=O) groups excluding carboxylic acids is 1. The molecular formula is C21H32IN3O3. The molecule has 0 spiro atoms. The highest BCUT2D eigenvalue weighted by atomic mass is 127. The van der Waals surface area contributed by atoms with Crippen LogP contribution in [0.15, 0.2) is 29.3 Å². The number of ether oxygens (including phenoxy) is 2. The lowest BCUT2D eigenvalue weighted by Crippen LogP contribution is -2.40. The Kier molecular flexibility index (Phi) is 8.85. The molecule has 1 N–H and O–H groups in total. The lowest BCUT2D eigenvalue weighted by atomic mass is 9.99. The third-order valence-electron chi connectivity index (χ3n) is 5.29. The van der Waals surface area contributed by atoms with Gasteiger partial charge in [-0.05, 0) is 37.7 Å². The highest BCUT2D eigenvalue weighted by Gasteiger charge is 2.36. The van der Waals surface area contributed by atoms with E-state index in [1.54, 1.807) is 0 Å². The summed E-state index contributed by atoms with van der Waals surface area (Å²) in [6.45, 7) is 7.71. The fraction of sp³-hybridized carbons (Fsp3) is 0.619. The molecular weight excluding hydrogens is 469 g/mol. The van der Waals surface area contributed by atoms with Crippen LogP contribution in [0.2, 0.25) is 0 Å². The molecule has 2 fully saturated rings. The second-order valence-electron chi connectivity index (χ2n) is 7.54. The van der Waals surface area contributed by atoms with Gasteiger partial charge in [0.15, 0.2) is 5.96 Å². The Labute approximate surface area is 185 Å². The molecule has 0 radical (unpaired) electrons. The average molecular weight is 501 g/mol. The second-order valence-corrected chi connectivity index (χ2v) is 7.54. The number of benzene rings is 1. The van der Waals surface area contributed by atoms with Gasteiger partial charge in [0.25, 0.3) is 0 Å². The first-order valence-electron chi connectivity index (χ1n) is 9.94. The van der Waals surface area contributed by atoms with Crippen LogP contribution in [0.3, 0.4) is 0 Å². The zero-order valence-electron chi connectivity index (χ0n) is 17.0. The quantitative estimate of drug-likeness (QED) is 0.269. The molecule has 3 rings (SSSR count). The van der Waals surface area contributed by atoms with E-state index in [0.29, 0.717) is 13.1 Å². The summed E-state index contributed by atoms with van der Waals surface area (Å²) < 4.78 is 10.9. The van der Waals surface area contributed by atoms with Gasteiger partial charge >= 0.3 is 5.97 Å². The Bertz CT molecular complexity index is 679. The lowest BCUT2D eigenvalue weighted by Gasteiger charge is -2.21. The van der Waals surface area contributed by atoms with Gasteiger partial charge in [0.2, 0.25) is 0 Å².